The molecule has 1 heterocycles. The highest BCUT2D eigenvalue weighted by molar-refractivity contribution is 7.89. The lowest BCUT2D eigenvalue weighted by Gasteiger charge is -2.17. The number of primary sulfonamides is 1. The van der Waals surface area contributed by atoms with Gasteiger partial charge in [-0.2, -0.15) is 0 Å². The molecular formula is C23H22N6O5S. The maximum absolute atomic E-state index is 12.2. The summed E-state index contributed by atoms with van der Waals surface area (Å²) < 4.78 is 23.9. The summed E-state index contributed by atoms with van der Waals surface area (Å²) >= 11 is 0. The Kier molecular flexibility index (Phi) is 6.13. The Balaban J connectivity index is 2.04. The first kappa shape index (κ1) is 24.0. The number of rotatable bonds is 7. The minimum Gasteiger partial charge on any atom is -0.392 e. The number of aromatic nitrogens is 2. The van der Waals surface area contributed by atoms with Crippen LogP contribution in [0.15, 0.2) is 53.4 Å². The summed E-state index contributed by atoms with van der Waals surface area (Å²) in [5.74, 6) is -0.592. The number of primary amides is 1. The third-order valence-electron chi connectivity index (χ3n) is 5.61. The maximum Gasteiger partial charge on any atom is 0.248 e. The zero-order valence-electron chi connectivity index (χ0n) is 18.2. The van der Waals surface area contributed by atoms with Crippen LogP contribution < -0.4 is 16.6 Å². The van der Waals surface area contributed by atoms with Crippen molar-refractivity contribution in [2.45, 2.75) is 18.1 Å². The lowest BCUT2D eigenvalue weighted by Crippen LogP contribution is -2.14. The number of hydrogen-bond acceptors (Lipinski definition) is 7. The van der Waals surface area contributed by atoms with Crippen molar-refractivity contribution >= 4 is 32.8 Å². The third-order valence-corrected chi connectivity index (χ3v) is 6.52. The molecule has 0 unspecified atom stereocenters. The zero-order valence-corrected chi connectivity index (χ0v) is 19.1. The molecular weight excluding hydrogens is 472 g/mol. The third kappa shape index (κ3) is 4.50. The fraction of sp³-hybridized carbons (Fsp3) is 0.0870. The molecule has 3 aromatic carbocycles. The number of amides is 1. The molecule has 4 rings (SSSR count). The van der Waals surface area contributed by atoms with Crippen molar-refractivity contribution in [1.29, 1.82) is 5.41 Å². The number of benzene rings is 3. The molecule has 0 aliphatic carbocycles. The van der Waals surface area contributed by atoms with Gasteiger partial charge in [-0.15, -0.1) is 0 Å². The molecule has 180 valence electrons. The van der Waals surface area contributed by atoms with Gasteiger partial charge in [0.15, 0.2) is 0 Å². The van der Waals surface area contributed by atoms with E-state index in [1.807, 2.05) is 0 Å². The number of amidine groups is 1. The minimum absolute atomic E-state index is 0.0713. The number of fused-ring (bicyclic) bond motifs is 1. The van der Waals surface area contributed by atoms with Gasteiger partial charge in [-0.1, -0.05) is 6.07 Å². The van der Waals surface area contributed by atoms with Gasteiger partial charge < -0.3 is 26.7 Å². The number of imidazole rings is 1. The molecule has 4 aromatic rings. The molecule has 0 atom stereocenters. The molecule has 0 saturated carbocycles. The fourth-order valence-corrected chi connectivity index (χ4v) is 4.40. The number of aliphatic hydroxyl groups excluding tert-OH is 2. The van der Waals surface area contributed by atoms with E-state index >= 15 is 0 Å². The van der Waals surface area contributed by atoms with Gasteiger partial charge in [-0.25, -0.2) is 18.5 Å². The summed E-state index contributed by atoms with van der Waals surface area (Å²) in [7, 11) is -4.08. The SMILES string of the molecule is N=C(N)c1ccc2nc(-c3cc(C(N)=O)cc(-c4cc(S(N)(=O)=O)ccc4CO)c3CO)[nH]c2c1. The highest BCUT2D eigenvalue weighted by atomic mass is 32.2. The molecule has 0 saturated heterocycles. The van der Waals surface area contributed by atoms with E-state index < -0.39 is 29.1 Å². The van der Waals surface area contributed by atoms with Gasteiger partial charge in [0, 0.05) is 16.7 Å². The monoisotopic (exact) mass is 494 g/mol. The normalized spacial score (nSPS) is 11.6. The highest BCUT2D eigenvalue weighted by Crippen LogP contribution is 2.36. The first-order valence-corrected chi connectivity index (χ1v) is 11.8. The Labute approximate surface area is 199 Å². The van der Waals surface area contributed by atoms with Crippen molar-refractivity contribution in [1.82, 2.24) is 9.97 Å². The number of nitrogens with one attached hydrogen (secondary N) is 2. The van der Waals surface area contributed by atoms with Crippen LogP contribution in [0, 0.1) is 5.41 Å². The predicted octanol–water partition coefficient (Wildman–Crippen LogP) is 0.912. The molecule has 0 radical (unpaired) electrons. The van der Waals surface area contributed by atoms with E-state index in [0.29, 0.717) is 39.1 Å². The average Bonchev–Trinajstić information content (AvgIpc) is 3.25. The molecule has 0 aliphatic rings. The Morgan fingerprint density at radius 3 is 2.26 bits per heavy atom. The van der Waals surface area contributed by atoms with Crippen LogP contribution in [-0.2, 0) is 23.2 Å². The fourth-order valence-electron chi connectivity index (χ4n) is 3.86. The second kappa shape index (κ2) is 8.92. The van der Waals surface area contributed by atoms with Crippen LogP contribution in [0.3, 0.4) is 0 Å². The number of hydrogen-bond donors (Lipinski definition) is 7. The number of nitrogens with two attached hydrogens (primary N) is 3. The Hall–Kier alpha value is -4.10. The maximum atomic E-state index is 12.2. The molecule has 1 amide bonds. The topological polar surface area (TPSA) is 222 Å². The van der Waals surface area contributed by atoms with Gasteiger partial charge in [0.05, 0.1) is 29.1 Å². The first-order chi connectivity index (χ1) is 16.5. The van der Waals surface area contributed by atoms with E-state index in [4.69, 9.17) is 22.0 Å². The average molecular weight is 495 g/mol. The second-order valence-corrected chi connectivity index (χ2v) is 9.39. The standard InChI is InChI=1S/C23H22N6O5S/c24-21(25)11-2-4-19-20(7-11)29-23(28-19)17-6-13(22(26)32)5-16(18(17)10-31)15-8-14(35(27,33)34)3-1-12(15)9-30/h1-8,30-31H,9-10H2,(H3,24,25)(H2,26,32)(H,28,29)(H2,27,33,34). The lowest BCUT2D eigenvalue weighted by atomic mass is 9.90. The molecule has 12 heteroatoms. The summed E-state index contributed by atoms with van der Waals surface area (Å²) in [6.07, 6.45) is 0. The summed E-state index contributed by atoms with van der Waals surface area (Å²) in [4.78, 5) is 19.6. The van der Waals surface area contributed by atoms with Crippen molar-refractivity contribution in [3.05, 3.63) is 70.8 Å². The lowest BCUT2D eigenvalue weighted by molar-refractivity contribution is 0.1000. The number of carbonyl (C=O) groups excluding carboxylic acids is 1. The number of carbonyl (C=O) groups is 1. The predicted molar refractivity (Wildman–Crippen MR) is 130 cm³/mol. The van der Waals surface area contributed by atoms with Crippen LogP contribution in [0.2, 0.25) is 0 Å². The van der Waals surface area contributed by atoms with Gasteiger partial charge in [0.25, 0.3) is 0 Å². The summed E-state index contributed by atoms with van der Waals surface area (Å²) in [6.45, 7) is -0.955. The van der Waals surface area contributed by atoms with Gasteiger partial charge in [0.2, 0.25) is 15.9 Å². The van der Waals surface area contributed by atoms with Crippen molar-refractivity contribution in [2.24, 2.45) is 16.6 Å². The van der Waals surface area contributed by atoms with Crippen molar-refractivity contribution in [3.63, 3.8) is 0 Å². The molecule has 0 spiro atoms. The number of aromatic amines is 1. The molecule has 11 nitrogen and oxygen atoms in total. The molecule has 1 aromatic heterocycles. The first-order valence-electron chi connectivity index (χ1n) is 10.2. The van der Waals surface area contributed by atoms with Crippen LogP contribution in [0.5, 0.6) is 0 Å². The van der Waals surface area contributed by atoms with E-state index in [1.54, 1.807) is 18.2 Å². The highest BCUT2D eigenvalue weighted by Gasteiger charge is 2.21. The van der Waals surface area contributed by atoms with Crippen LogP contribution in [0.1, 0.15) is 27.0 Å². The molecule has 0 bridgehead atoms. The van der Waals surface area contributed by atoms with E-state index in [0.717, 1.165) is 0 Å². The number of sulfonamides is 1. The number of H-pyrrole nitrogens is 1. The Bertz CT molecular complexity index is 1610. The summed E-state index contributed by atoms with van der Waals surface area (Å²) in [5, 5.41) is 33.1. The van der Waals surface area contributed by atoms with Gasteiger partial charge in [-0.3, -0.25) is 10.2 Å². The number of aliphatic hydroxyl groups is 2. The van der Waals surface area contributed by atoms with E-state index in [1.165, 1.54) is 30.3 Å². The quantitative estimate of drug-likeness (QED) is 0.145. The van der Waals surface area contributed by atoms with Crippen LogP contribution in [-0.4, -0.2) is 40.3 Å². The van der Waals surface area contributed by atoms with E-state index in [-0.39, 0.29) is 27.4 Å². The van der Waals surface area contributed by atoms with Crippen molar-refractivity contribution in [3.8, 4) is 22.5 Å². The van der Waals surface area contributed by atoms with Gasteiger partial charge in [-0.05, 0) is 64.7 Å². The van der Waals surface area contributed by atoms with Gasteiger partial charge in [0.1, 0.15) is 11.7 Å². The van der Waals surface area contributed by atoms with Crippen molar-refractivity contribution in [2.75, 3.05) is 0 Å². The van der Waals surface area contributed by atoms with Crippen LogP contribution >= 0.6 is 0 Å². The summed E-state index contributed by atoms with van der Waals surface area (Å²) in [6, 6.07) is 11.7. The summed E-state index contributed by atoms with van der Waals surface area (Å²) in [5.41, 5.74) is 14.3. The molecule has 10 N–H and O–H groups in total. The minimum atomic E-state index is -4.08. The molecule has 0 aliphatic heterocycles. The smallest absolute Gasteiger partial charge is 0.248 e. The zero-order chi connectivity index (χ0) is 25.5. The van der Waals surface area contributed by atoms with E-state index in [9.17, 15) is 23.4 Å². The van der Waals surface area contributed by atoms with E-state index in [2.05, 4.69) is 9.97 Å². The van der Waals surface area contributed by atoms with Crippen LogP contribution in [0.4, 0.5) is 0 Å². The Morgan fingerprint density at radius 2 is 1.66 bits per heavy atom. The second-order valence-electron chi connectivity index (χ2n) is 7.83. The van der Waals surface area contributed by atoms with Gasteiger partial charge >= 0.3 is 0 Å². The Morgan fingerprint density at radius 1 is 0.943 bits per heavy atom. The molecule has 0 fully saturated rings. The number of nitrogens with zero attached hydrogens (tertiary/aromatic N) is 1. The molecule has 35 heavy (non-hydrogen) atoms. The van der Waals surface area contributed by atoms with Crippen molar-refractivity contribution < 1.29 is 23.4 Å². The van der Waals surface area contributed by atoms with Crippen LogP contribution in [0.25, 0.3) is 33.5 Å². The number of nitrogen functional groups attached to an aromatic ring is 1. The largest absolute Gasteiger partial charge is 0.392 e.